The second-order valence-corrected chi connectivity index (χ2v) is 9.86. The van der Waals surface area contributed by atoms with Crippen LogP contribution in [0.15, 0.2) is 0 Å². The van der Waals surface area contributed by atoms with E-state index in [4.69, 9.17) is 5.73 Å². The third kappa shape index (κ3) is 2.26. The van der Waals surface area contributed by atoms with Crippen LogP contribution in [0.1, 0.15) is 73.1 Å². The van der Waals surface area contributed by atoms with Crippen LogP contribution in [0.3, 0.4) is 0 Å². The third-order valence-corrected chi connectivity index (χ3v) is 6.82. The molecule has 0 saturated heterocycles. The van der Waals surface area contributed by atoms with E-state index in [1.54, 1.807) is 0 Å². The van der Waals surface area contributed by atoms with E-state index in [1.165, 1.54) is 38.5 Å². The van der Waals surface area contributed by atoms with Gasteiger partial charge in [-0.25, -0.2) is 0 Å². The molecule has 0 amide bonds. The van der Waals surface area contributed by atoms with E-state index in [0.717, 1.165) is 23.7 Å². The van der Waals surface area contributed by atoms with Crippen molar-refractivity contribution in [1.82, 2.24) is 0 Å². The van der Waals surface area contributed by atoms with E-state index in [9.17, 15) is 0 Å². The Morgan fingerprint density at radius 3 is 1.89 bits per heavy atom. The first-order valence-electron chi connectivity index (χ1n) is 8.39. The molecule has 2 atom stereocenters. The van der Waals surface area contributed by atoms with Crippen LogP contribution in [-0.2, 0) is 0 Å². The van der Waals surface area contributed by atoms with E-state index in [2.05, 4.69) is 34.6 Å². The van der Waals surface area contributed by atoms with Gasteiger partial charge in [0.05, 0.1) is 0 Å². The van der Waals surface area contributed by atoms with Crippen molar-refractivity contribution < 1.29 is 0 Å². The van der Waals surface area contributed by atoms with Gasteiger partial charge in [-0.15, -0.1) is 0 Å². The topological polar surface area (TPSA) is 26.0 Å². The molecule has 4 saturated carbocycles. The highest BCUT2D eigenvalue weighted by Gasteiger charge is 2.58. The van der Waals surface area contributed by atoms with Crippen LogP contribution in [-0.4, -0.2) is 5.54 Å². The Morgan fingerprint density at radius 2 is 1.47 bits per heavy atom. The van der Waals surface area contributed by atoms with Gasteiger partial charge in [-0.05, 0) is 86.9 Å². The number of rotatable bonds is 2. The Kier molecular flexibility index (Phi) is 2.93. The summed E-state index contributed by atoms with van der Waals surface area (Å²) in [5.74, 6) is 3.92. The minimum Gasteiger partial charge on any atom is -0.326 e. The molecular formula is C18H33N. The second-order valence-electron chi connectivity index (χ2n) is 9.86. The molecule has 1 nitrogen and oxygen atoms in total. The van der Waals surface area contributed by atoms with Gasteiger partial charge in [0.15, 0.2) is 0 Å². The minimum atomic E-state index is 0.0228. The molecule has 4 bridgehead atoms. The minimum absolute atomic E-state index is 0.0228. The first-order chi connectivity index (χ1) is 8.60. The van der Waals surface area contributed by atoms with Gasteiger partial charge in [-0.2, -0.15) is 0 Å². The standard InChI is InChI=1S/C18H33N/c1-16(2,3)18-8-12-6-13(9-18)15(11-17(4,5)19)14(7-12)10-18/h12-15H,6-11,19H2,1-5H3. The molecule has 0 aromatic heterocycles. The predicted octanol–water partition coefficient (Wildman–Crippen LogP) is 4.60. The maximum Gasteiger partial charge on any atom is 0.00998 e. The molecule has 1 heteroatoms. The van der Waals surface area contributed by atoms with Crippen molar-refractivity contribution in [1.29, 1.82) is 0 Å². The van der Waals surface area contributed by atoms with Gasteiger partial charge in [0.2, 0.25) is 0 Å². The lowest BCUT2D eigenvalue weighted by molar-refractivity contribution is -0.148. The molecule has 0 aromatic rings. The predicted molar refractivity (Wildman–Crippen MR) is 81.8 cm³/mol. The van der Waals surface area contributed by atoms with Gasteiger partial charge in [0, 0.05) is 5.54 Å². The van der Waals surface area contributed by atoms with Gasteiger partial charge < -0.3 is 5.73 Å². The quantitative estimate of drug-likeness (QED) is 0.774. The van der Waals surface area contributed by atoms with E-state index >= 15 is 0 Å². The molecule has 0 heterocycles. The zero-order valence-corrected chi connectivity index (χ0v) is 13.6. The van der Waals surface area contributed by atoms with Crippen LogP contribution in [0, 0.1) is 34.5 Å². The lowest BCUT2D eigenvalue weighted by Crippen LogP contribution is -2.56. The summed E-state index contributed by atoms with van der Waals surface area (Å²) in [5, 5.41) is 0. The average Bonchev–Trinajstić information content (AvgIpc) is 2.19. The Bertz CT molecular complexity index is 341. The van der Waals surface area contributed by atoms with Crippen molar-refractivity contribution in [2.45, 2.75) is 78.7 Å². The summed E-state index contributed by atoms with van der Waals surface area (Å²) < 4.78 is 0. The molecular weight excluding hydrogens is 230 g/mol. The molecule has 0 radical (unpaired) electrons. The summed E-state index contributed by atoms with van der Waals surface area (Å²) in [4.78, 5) is 0. The number of nitrogens with two attached hydrogens (primary N) is 1. The Labute approximate surface area is 119 Å². The van der Waals surface area contributed by atoms with Crippen molar-refractivity contribution in [3.8, 4) is 0 Å². The van der Waals surface area contributed by atoms with Crippen molar-refractivity contribution in [2.75, 3.05) is 0 Å². The van der Waals surface area contributed by atoms with E-state index in [0.29, 0.717) is 10.8 Å². The Morgan fingerprint density at radius 1 is 0.947 bits per heavy atom. The lowest BCUT2D eigenvalue weighted by atomic mass is 9.40. The first kappa shape index (κ1) is 13.9. The van der Waals surface area contributed by atoms with Crippen molar-refractivity contribution in [3.05, 3.63) is 0 Å². The van der Waals surface area contributed by atoms with Crippen molar-refractivity contribution >= 4 is 0 Å². The zero-order valence-electron chi connectivity index (χ0n) is 13.6. The van der Waals surface area contributed by atoms with Gasteiger partial charge >= 0.3 is 0 Å². The first-order valence-corrected chi connectivity index (χ1v) is 8.39. The molecule has 110 valence electrons. The largest absolute Gasteiger partial charge is 0.326 e. The van der Waals surface area contributed by atoms with Gasteiger partial charge in [-0.1, -0.05) is 20.8 Å². The lowest BCUT2D eigenvalue weighted by Gasteiger charge is -2.65. The highest BCUT2D eigenvalue weighted by Crippen LogP contribution is 2.68. The zero-order chi connectivity index (χ0) is 14.1. The van der Waals surface area contributed by atoms with E-state index in [1.807, 2.05) is 0 Å². The highest BCUT2D eigenvalue weighted by molar-refractivity contribution is 5.09. The molecule has 0 aromatic carbocycles. The number of hydrogen-bond donors (Lipinski definition) is 1. The molecule has 2 unspecified atom stereocenters. The van der Waals surface area contributed by atoms with Crippen LogP contribution in [0.4, 0.5) is 0 Å². The van der Waals surface area contributed by atoms with Gasteiger partial charge in [-0.3, -0.25) is 0 Å². The summed E-state index contributed by atoms with van der Waals surface area (Å²) in [6.45, 7) is 11.9. The third-order valence-electron chi connectivity index (χ3n) is 6.82. The van der Waals surface area contributed by atoms with Gasteiger partial charge in [0.1, 0.15) is 0 Å². The molecule has 4 aliphatic carbocycles. The molecule has 19 heavy (non-hydrogen) atoms. The summed E-state index contributed by atoms with van der Waals surface area (Å²) >= 11 is 0. The smallest absolute Gasteiger partial charge is 0.00998 e. The normalized spacial score (nSPS) is 45.8. The summed E-state index contributed by atoms with van der Waals surface area (Å²) in [7, 11) is 0. The van der Waals surface area contributed by atoms with Crippen LogP contribution >= 0.6 is 0 Å². The fraction of sp³-hybridized carbons (Fsp3) is 1.00. The summed E-state index contributed by atoms with van der Waals surface area (Å²) in [5.41, 5.74) is 7.50. The van der Waals surface area contributed by atoms with Crippen LogP contribution in [0.25, 0.3) is 0 Å². The van der Waals surface area contributed by atoms with E-state index in [-0.39, 0.29) is 5.54 Å². The molecule has 4 fully saturated rings. The SMILES string of the molecule is CC(C)(N)CC1C2CC3CC1CC(C(C)(C)C)(C3)C2. The molecule has 0 aliphatic heterocycles. The molecule has 4 rings (SSSR count). The molecule has 4 aliphatic rings. The summed E-state index contributed by atoms with van der Waals surface area (Å²) in [6.07, 6.45) is 8.76. The maximum atomic E-state index is 6.33. The molecule has 0 spiro atoms. The second kappa shape index (κ2) is 4.00. The fourth-order valence-corrected chi connectivity index (χ4v) is 5.99. The van der Waals surface area contributed by atoms with Crippen molar-refractivity contribution in [3.63, 3.8) is 0 Å². The monoisotopic (exact) mass is 263 g/mol. The molecule has 2 N–H and O–H groups in total. The Balaban J connectivity index is 1.84. The highest BCUT2D eigenvalue weighted by atomic mass is 14.7. The van der Waals surface area contributed by atoms with Crippen molar-refractivity contribution in [2.24, 2.45) is 40.2 Å². The van der Waals surface area contributed by atoms with Crippen LogP contribution in [0.5, 0.6) is 0 Å². The van der Waals surface area contributed by atoms with Crippen LogP contribution in [0.2, 0.25) is 0 Å². The van der Waals surface area contributed by atoms with Gasteiger partial charge in [0.25, 0.3) is 0 Å². The van der Waals surface area contributed by atoms with Crippen LogP contribution < -0.4 is 5.73 Å². The van der Waals surface area contributed by atoms with E-state index < -0.39 is 0 Å². The Hall–Kier alpha value is -0.0400. The summed E-state index contributed by atoms with van der Waals surface area (Å²) in [6, 6.07) is 0. The maximum absolute atomic E-state index is 6.33. The fourth-order valence-electron chi connectivity index (χ4n) is 5.99. The number of hydrogen-bond acceptors (Lipinski definition) is 1. The average molecular weight is 263 g/mol.